The summed E-state index contributed by atoms with van der Waals surface area (Å²) in [5.41, 5.74) is 1.55. The average molecular weight is 368 g/mol. The number of ether oxygens (including phenoxy) is 1. The molecule has 7 nitrogen and oxygen atoms in total. The van der Waals surface area contributed by atoms with Gasteiger partial charge in [-0.05, 0) is 36.8 Å². The Morgan fingerprint density at radius 3 is 2.31 bits per heavy atom. The van der Waals surface area contributed by atoms with E-state index in [4.69, 9.17) is 4.74 Å². The lowest BCUT2D eigenvalue weighted by Gasteiger charge is -2.08. The summed E-state index contributed by atoms with van der Waals surface area (Å²) in [6, 6.07) is 16.6. The maximum absolute atomic E-state index is 11.9. The molecule has 0 aliphatic heterocycles. The molecule has 132 valence electrons. The minimum absolute atomic E-state index is 0.285. The van der Waals surface area contributed by atoms with Crippen molar-refractivity contribution in [2.24, 2.45) is 0 Å². The number of amides is 2. The zero-order chi connectivity index (χ0) is 18.4. The third-order valence-electron chi connectivity index (χ3n) is 3.31. The molecule has 0 aliphatic rings. The van der Waals surface area contributed by atoms with E-state index in [2.05, 4.69) is 20.8 Å². The van der Waals surface area contributed by atoms with Crippen molar-refractivity contribution >= 4 is 34.0 Å². The minimum Gasteiger partial charge on any atom is -0.489 e. The molecule has 8 heteroatoms. The normalized spacial score (nSPS) is 10.2. The van der Waals surface area contributed by atoms with Crippen molar-refractivity contribution in [2.75, 3.05) is 10.6 Å². The number of aromatic nitrogens is 2. The van der Waals surface area contributed by atoms with Crippen molar-refractivity contribution in [3.05, 3.63) is 65.2 Å². The van der Waals surface area contributed by atoms with Gasteiger partial charge in [0, 0.05) is 5.69 Å². The number of carbonyl (C=O) groups excluding carboxylic acids is 2. The summed E-state index contributed by atoms with van der Waals surface area (Å²) in [5.74, 6) is -0.915. The lowest BCUT2D eigenvalue weighted by atomic mass is 10.2. The summed E-state index contributed by atoms with van der Waals surface area (Å²) in [4.78, 5) is 23.8. The Morgan fingerprint density at radius 1 is 0.962 bits per heavy atom. The molecule has 2 N–H and O–H groups in total. The van der Waals surface area contributed by atoms with Gasteiger partial charge in [-0.25, -0.2) is 0 Å². The molecule has 0 saturated carbocycles. The molecule has 0 aliphatic carbocycles. The highest BCUT2D eigenvalue weighted by atomic mass is 32.1. The summed E-state index contributed by atoms with van der Waals surface area (Å²) in [6.07, 6.45) is 0. The summed E-state index contributed by atoms with van der Waals surface area (Å²) in [7, 11) is 0. The van der Waals surface area contributed by atoms with E-state index in [1.54, 1.807) is 31.2 Å². The maximum atomic E-state index is 11.9. The quantitative estimate of drug-likeness (QED) is 0.675. The molecule has 0 fully saturated rings. The van der Waals surface area contributed by atoms with Crippen molar-refractivity contribution < 1.29 is 14.3 Å². The number of carbonyl (C=O) groups is 2. The summed E-state index contributed by atoms with van der Waals surface area (Å²) in [6.45, 7) is 2.21. The molecule has 0 atom stereocenters. The Morgan fingerprint density at radius 2 is 1.65 bits per heavy atom. The van der Waals surface area contributed by atoms with Crippen LogP contribution in [0.3, 0.4) is 0 Å². The number of nitrogens with zero attached hydrogens (tertiary/aromatic N) is 2. The lowest BCUT2D eigenvalue weighted by molar-refractivity contribution is -0.133. The number of anilines is 2. The largest absolute Gasteiger partial charge is 0.489 e. The van der Waals surface area contributed by atoms with Crippen LogP contribution < -0.4 is 15.4 Å². The van der Waals surface area contributed by atoms with Crippen LogP contribution in [0.4, 0.5) is 10.8 Å². The van der Waals surface area contributed by atoms with Crippen molar-refractivity contribution in [2.45, 2.75) is 13.5 Å². The van der Waals surface area contributed by atoms with Crippen LogP contribution in [0, 0.1) is 6.92 Å². The molecule has 0 radical (unpaired) electrons. The maximum Gasteiger partial charge on any atom is 0.315 e. The molecule has 2 amide bonds. The van der Waals surface area contributed by atoms with Gasteiger partial charge in [-0.15, -0.1) is 10.2 Å². The van der Waals surface area contributed by atoms with Gasteiger partial charge in [0.2, 0.25) is 5.13 Å². The van der Waals surface area contributed by atoms with E-state index in [-0.39, 0.29) is 5.13 Å². The van der Waals surface area contributed by atoms with Crippen LogP contribution in [-0.4, -0.2) is 22.0 Å². The summed E-state index contributed by atoms with van der Waals surface area (Å²) >= 11 is 1.19. The van der Waals surface area contributed by atoms with Gasteiger partial charge < -0.3 is 10.1 Å². The van der Waals surface area contributed by atoms with Crippen LogP contribution in [-0.2, 0) is 16.2 Å². The van der Waals surface area contributed by atoms with Gasteiger partial charge in [0.05, 0.1) is 0 Å². The van der Waals surface area contributed by atoms with Gasteiger partial charge in [0.15, 0.2) is 0 Å². The van der Waals surface area contributed by atoms with Crippen molar-refractivity contribution in [1.82, 2.24) is 10.2 Å². The Hall–Kier alpha value is -3.26. The molecule has 1 heterocycles. The molecule has 3 rings (SSSR count). The predicted molar refractivity (Wildman–Crippen MR) is 99.1 cm³/mol. The topological polar surface area (TPSA) is 93.2 Å². The molecular weight excluding hydrogens is 352 g/mol. The highest BCUT2D eigenvalue weighted by Gasteiger charge is 2.16. The molecule has 26 heavy (non-hydrogen) atoms. The van der Waals surface area contributed by atoms with Crippen LogP contribution in [0.25, 0.3) is 0 Å². The fourth-order valence-corrected chi connectivity index (χ4v) is 2.65. The molecule has 0 saturated heterocycles. The van der Waals surface area contributed by atoms with Crippen molar-refractivity contribution in [3.63, 3.8) is 0 Å². The minimum atomic E-state index is -0.800. The van der Waals surface area contributed by atoms with Crippen LogP contribution in [0.1, 0.15) is 10.6 Å². The molecule has 1 aromatic heterocycles. The highest BCUT2D eigenvalue weighted by Crippen LogP contribution is 2.17. The molecule has 0 unspecified atom stereocenters. The molecular formula is C18H16N4O3S. The van der Waals surface area contributed by atoms with Gasteiger partial charge in [-0.1, -0.05) is 41.7 Å². The summed E-state index contributed by atoms with van der Waals surface area (Å²) < 4.78 is 5.67. The van der Waals surface area contributed by atoms with Gasteiger partial charge in [0.25, 0.3) is 0 Å². The van der Waals surface area contributed by atoms with Crippen LogP contribution in [0.2, 0.25) is 0 Å². The third kappa shape index (κ3) is 4.87. The lowest BCUT2D eigenvalue weighted by Crippen LogP contribution is -2.29. The van der Waals surface area contributed by atoms with E-state index in [0.717, 1.165) is 5.56 Å². The molecule has 0 bridgehead atoms. The van der Waals surface area contributed by atoms with E-state index in [9.17, 15) is 9.59 Å². The number of benzene rings is 2. The van der Waals surface area contributed by atoms with E-state index in [1.165, 1.54) is 11.3 Å². The Balaban J connectivity index is 1.51. The number of hydrogen-bond donors (Lipinski definition) is 2. The second-order valence-electron chi connectivity index (χ2n) is 5.33. The van der Waals surface area contributed by atoms with Gasteiger partial charge >= 0.3 is 11.8 Å². The van der Waals surface area contributed by atoms with E-state index < -0.39 is 11.8 Å². The second-order valence-corrected chi connectivity index (χ2v) is 6.51. The fraction of sp³-hybridized carbons (Fsp3) is 0.111. The number of rotatable bonds is 5. The van der Waals surface area contributed by atoms with E-state index in [0.29, 0.717) is 23.1 Å². The number of nitrogens with one attached hydrogen (secondary N) is 2. The van der Waals surface area contributed by atoms with Crippen LogP contribution >= 0.6 is 11.3 Å². The second kappa shape index (κ2) is 8.21. The van der Waals surface area contributed by atoms with Gasteiger partial charge in [0.1, 0.15) is 17.4 Å². The average Bonchev–Trinajstić information content (AvgIpc) is 3.06. The van der Waals surface area contributed by atoms with Crippen LogP contribution in [0.15, 0.2) is 54.6 Å². The van der Waals surface area contributed by atoms with Gasteiger partial charge in [-0.2, -0.15) is 0 Å². The summed E-state index contributed by atoms with van der Waals surface area (Å²) in [5, 5.41) is 13.4. The van der Waals surface area contributed by atoms with E-state index >= 15 is 0 Å². The molecule has 2 aromatic carbocycles. The smallest absolute Gasteiger partial charge is 0.315 e. The Labute approximate surface area is 154 Å². The number of aryl methyl sites for hydroxylation is 1. The first-order chi connectivity index (χ1) is 12.6. The third-order valence-corrected chi connectivity index (χ3v) is 4.07. The van der Waals surface area contributed by atoms with Crippen LogP contribution in [0.5, 0.6) is 5.75 Å². The molecule has 0 spiro atoms. The van der Waals surface area contributed by atoms with E-state index in [1.807, 2.05) is 30.3 Å². The Kier molecular flexibility index (Phi) is 5.55. The monoisotopic (exact) mass is 368 g/mol. The van der Waals surface area contributed by atoms with Crippen molar-refractivity contribution in [3.8, 4) is 5.75 Å². The predicted octanol–water partition coefficient (Wildman–Crippen LogP) is 3.00. The van der Waals surface area contributed by atoms with Crippen molar-refractivity contribution in [1.29, 1.82) is 0 Å². The SMILES string of the molecule is Cc1nnc(NC(=O)C(=O)Nc2ccc(OCc3ccccc3)cc2)s1. The first kappa shape index (κ1) is 17.6. The van der Waals surface area contributed by atoms with Gasteiger partial charge in [-0.3, -0.25) is 14.9 Å². The Bertz CT molecular complexity index is 894. The number of hydrogen-bond acceptors (Lipinski definition) is 6. The highest BCUT2D eigenvalue weighted by molar-refractivity contribution is 7.15. The zero-order valence-electron chi connectivity index (χ0n) is 13.9. The first-order valence-corrected chi connectivity index (χ1v) is 8.61. The molecule has 3 aromatic rings. The standard InChI is InChI=1S/C18H16N4O3S/c1-12-21-22-18(26-12)20-17(24)16(23)19-14-7-9-15(10-8-14)25-11-13-5-3-2-4-6-13/h2-10H,11H2,1H3,(H,19,23)(H,20,22,24). The fourth-order valence-electron chi connectivity index (χ4n) is 2.06. The zero-order valence-corrected chi connectivity index (χ0v) is 14.7. The first-order valence-electron chi connectivity index (χ1n) is 7.79.